The van der Waals surface area contributed by atoms with E-state index < -0.39 is 9.84 Å². The quantitative estimate of drug-likeness (QED) is 0.847. The Morgan fingerprint density at radius 2 is 2.19 bits per heavy atom. The van der Waals surface area contributed by atoms with Gasteiger partial charge in [-0.1, -0.05) is 6.92 Å². The summed E-state index contributed by atoms with van der Waals surface area (Å²) in [4.78, 5) is 2.19. The summed E-state index contributed by atoms with van der Waals surface area (Å²) < 4.78 is 26.0. The summed E-state index contributed by atoms with van der Waals surface area (Å²) in [6.45, 7) is 8.40. The van der Waals surface area contributed by atoms with E-state index in [1.807, 2.05) is 18.7 Å². The number of nitrogens with zero attached hydrogens (tertiary/aromatic N) is 3. The summed E-state index contributed by atoms with van der Waals surface area (Å²) in [5, 5.41) is 7.82. The van der Waals surface area contributed by atoms with Crippen molar-refractivity contribution in [1.29, 1.82) is 0 Å². The normalized spacial score (nSPS) is 21.5. The van der Waals surface area contributed by atoms with Gasteiger partial charge in [-0.3, -0.25) is 0 Å². The zero-order chi connectivity index (χ0) is 15.8. The van der Waals surface area contributed by atoms with Gasteiger partial charge in [0.15, 0.2) is 20.6 Å². The highest BCUT2D eigenvalue weighted by atomic mass is 32.2. The van der Waals surface area contributed by atoms with Crippen molar-refractivity contribution in [2.75, 3.05) is 36.5 Å². The van der Waals surface area contributed by atoms with Crippen LogP contribution in [0, 0.1) is 0 Å². The first-order chi connectivity index (χ1) is 9.77. The van der Waals surface area contributed by atoms with Crippen LogP contribution in [0.2, 0.25) is 0 Å². The van der Waals surface area contributed by atoms with E-state index in [1.54, 1.807) is 4.68 Å². The van der Waals surface area contributed by atoms with Crippen molar-refractivity contribution in [3.63, 3.8) is 0 Å². The van der Waals surface area contributed by atoms with Gasteiger partial charge in [0.25, 0.3) is 0 Å². The third kappa shape index (κ3) is 3.01. The van der Waals surface area contributed by atoms with Crippen LogP contribution in [0.4, 0.5) is 11.6 Å². The maximum Gasteiger partial charge on any atom is 0.182 e. The third-order valence-corrected chi connectivity index (χ3v) is 5.17. The van der Waals surface area contributed by atoms with E-state index >= 15 is 0 Å². The first-order valence-electron chi connectivity index (χ1n) is 7.32. The van der Waals surface area contributed by atoms with Crippen molar-refractivity contribution in [2.24, 2.45) is 0 Å². The molecule has 1 aromatic rings. The van der Waals surface area contributed by atoms with Gasteiger partial charge in [-0.05, 0) is 20.3 Å². The second-order valence-electron chi connectivity index (χ2n) is 5.76. The van der Waals surface area contributed by atoms with E-state index in [4.69, 9.17) is 5.73 Å². The topological polar surface area (TPSA) is 93.2 Å². The molecule has 0 aromatic carbocycles. The molecule has 0 radical (unpaired) electrons. The maximum atomic E-state index is 12.2. The van der Waals surface area contributed by atoms with Crippen LogP contribution in [0.1, 0.15) is 33.2 Å². The lowest BCUT2D eigenvalue weighted by molar-refractivity contribution is 0.468. The monoisotopic (exact) mass is 315 g/mol. The maximum absolute atomic E-state index is 12.2. The lowest BCUT2D eigenvalue weighted by atomic mass is 10.2. The van der Waals surface area contributed by atoms with Gasteiger partial charge in [0.1, 0.15) is 5.82 Å². The smallest absolute Gasteiger partial charge is 0.182 e. The number of nitrogens with two attached hydrogens (primary N) is 1. The molecule has 2 rings (SSSR count). The van der Waals surface area contributed by atoms with Gasteiger partial charge >= 0.3 is 0 Å². The van der Waals surface area contributed by atoms with E-state index in [2.05, 4.69) is 17.3 Å². The number of aromatic nitrogens is 2. The van der Waals surface area contributed by atoms with Gasteiger partial charge < -0.3 is 16.0 Å². The van der Waals surface area contributed by atoms with E-state index in [9.17, 15) is 8.42 Å². The molecule has 120 valence electrons. The summed E-state index contributed by atoms with van der Waals surface area (Å²) in [5.41, 5.74) is 6.10. The predicted molar refractivity (Wildman–Crippen MR) is 84.4 cm³/mol. The molecule has 7 nitrogen and oxygen atoms in total. The van der Waals surface area contributed by atoms with Gasteiger partial charge in [-0.25, -0.2) is 13.1 Å². The van der Waals surface area contributed by atoms with E-state index in [0.717, 1.165) is 26.1 Å². The molecule has 0 aliphatic carbocycles. The number of hydrogen-bond acceptors (Lipinski definition) is 6. The predicted octanol–water partition coefficient (Wildman–Crippen LogP) is 0.638. The molecule has 0 spiro atoms. The van der Waals surface area contributed by atoms with Gasteiger partial charge in [0.2, 0.25) is 0 Å². The molecule has 0 saturated carbocycles. The molecule has 1 aliphatic rings. The molecule has 21 heavy (non-hydrogen) atoms. The summed E-state index contributed by atoms with van der Waals surface area (Å²) in [6, 6.07) is 0.247. The molecule has 8 heteroatoms. The molecule has 0 bridgehead atoms. The van der Waals surface area contributed by atoms with Gasteiger partial charge in [-0.2, -0.15) is 5.10 Å². The number of nitrogen functional groups attached to an aromatic ring is 1. The largest absolute Gasteiger partial charge is 0.383 e. The van der Waals surface area contributed by atoms with E-state index in [0.29, 0.717) is 5.82 Å². The van der Waals surface area contributed by atoms with Gasteiger partial charge in [0.05, 0.1) is 6.04 Å². The van der Waals surface area contributed by atoms with Crippen molar-refractivity contribution >= 4 is 21.5 Å². The Balaban J connectivity index is 2.58. The number of sulfone groups is 1. The van der Waals surface area contributed by atoms with Crippen molar-refractivity contribution in [3.8, 4) is 0 Å². The highest BCUT2D eigenvalue weighted by molar-refractivity contribution is 7.91. The van der Waals surface area contributed by atoms with Gasteiger partial charge in [-0.15, -0.1) is 0 Å². The zero-order valence-electron chi connectivity index (χ0n) is 13.1. The number of nitrogens with one attached hydrogen (secondary N) is 1. The van der Waals surface area contributed by atoms with Crippen LogP contribution in [0.15, 0.2) is 4.90 Å². The molecule has 1 saturated heterocycles. The molecule has 1 fully saturated rings. The minimum atomic E-state index is -3.43. The minimum Gasteiger partial charge on any atom is -0.383 e. The SMILES string of the molecule is CCC(C)n1nc(N2CCNCC2C)c(S(C)(=O)=O)c1N. The summed E-state index contributed by atoms with van der Waals surface area (Å²) in [5.74, 6) is 0.733. The van der Waals surface area contributed by atoms with Gasteiger partial charge in [0, 0.05) is 31.9 Å². The fourth-order valence-corrected chi connectivity index (χ4v) is 3.59. The fourth-order valence-electron chi connectivity index (χ4n) is 2.63. The summed E-state index contributed by atoms with van der Waals surface area (Å²) >= 11 is 0. The van der Waals surface area contributed by atoms with Crippen LogP contribution in [-0.2, 0) is 9.84 Å². The number of anilines is 2. The van der Waals surface area contributed by atoms with Crippen molar-refractivity contribution in [3.05, 3.63) is 0 Å². The lowest BCUT2D eigenvalue weighted by Gasteiger charge is -2.34. The number of hydrogen-bond donors (Lipinski definition) is 2. The Morgan fingerprint density at radius 1 is 1.52 bits per heavy atom. The number of piperazine rings is 1. The highest BCUT2D eigenvalue weighted by Crippen LogP contribution is 2.33. The molecule has 2 atom stereocenters. The Kier molecular flexibility index (Phi) is 4.48. The highest BCUT2D eigenvalue weighted by Gasteiger charge is 2.31. The zero-order valence-corrected chi connectivity index (χ0v) is 13.9. The first kappa shape index (κ1) is 16.1. The molecule has 2 unspecified atom stereocenters. The van der Waals surface area contributed by atoms with Crippen molar-refractivity contribution in [1.82, 2.24) is 15.1 Å². The van der Waals surface area contributed by atoms with Crippen LogP contribution in [0.25, 0.3) is 0 Å². The average Bonchev–Trinajstić information content (AvgIpc) is 2.75. The molecule has 2 heterocycles. The van der Waals surface area contributed by atoms with Crippen LogP contribution in [0.5, 0.6) is 0 Å². The van der Waals surface area contributed by atoms with Crippen LogP contribution in [0.3, 0.4) is 0 Å². The van der Waals surface area contributed by atoms with Crippen LogP contribution < -0.4 is 16.0 Å². The lowest BCUT2D eigenvalue weighted by Crippen LogP contribution is -2.50. The Hall–Kier alpha value is -1.28. The van der Waals surface area contributed by atoms with Crippen LogP contribution in [-0.4, -0.2) is 50.1 Å². The second kappa shape index (κ2) is 5.84. The summed E-state index contributed by atoms with van der Waals surface area (Å²) in [6.07, 6.45) is 2.03. The first-order valence-corrected chi connectivity index (χ1v) is 9.21. The average molecular weight is 315 g/mol. The minimum absolute atomic E-state index is 0.0671. The van der Waals surface area contributed by atoms with E-state index in [-0.39, 0.29) is 22.8 Å². The van der Waals surface area contributed by atoms with Crippen molar-refractivity contribution < 1.29 is 8.42 Å². The molecular formula is C13H25N5O2S. The molecule has 0 amide bonds. The fraction of sp³-hybridized carbons (Fsp3) is 0.769. The Bertz CT molecular complexity index is 610. The molecule has 3 N–H and O–H groups in total. The third-order valence-electron chi connectivity index (χ3n) is 4.04. The molecular weight excluding hydrogens is 290 g/mol. The summed E-state index contributed by atoms with van der Waals surface area (Å²) in [7, 11) is -3.43. The standard InChI is InChI=1S/C13H25N5O2S/c1-5-9(2)18-12(14)11(21(4,19)20)13(16-18)17-7-6-15-8-10(17)3/h9-10,15H,5-8,14H2,1-4H3. The second-order valence-corrected chi connectivity index (χ2v) is 7.71. The van der Waals surface area contributed by atoms with E-state index in [1.165, 1.54) is 6.26 Å². The van der Waals surface area contributed by atoms with Crippen molar-refractivity contribution in [2.45, 2.75) is 44.2 Å². The Morgan fingerprint density at radius 3 is 2.71 bits per heavy atom. The Labute approximate surface area is 126 Å². The number of rotatable bonds is 4. The molecule has 1 aromatic heterocycles. The van der Waals surface area contributed by atoms with Crippen LogP contribution >= 0.6 is 0 Å². The molecule has 1 aliphatic heterocycles.